The van der Waals surface area contributed by atoms with Gasteiger partial charge >= 0.3 is 12.4 Å². The molecule has 4 heterocycles. The topological polar surface area (TPSA) is 122 Å². The summed E-state index contributed by atoms with van der Waals surface area (Å²) in [6, 6.07) is -0.172. The van der Waals surface area contributed by atoms with Crippen molar-refractivity contribution < 1.29 is 40.3 Å². The van der Waals surface area contributed by atoms with Crippen molar-refractivity contribution in [3.05, 3.63) is 34.2 Å². The number of H-pyrrole nitrogens is 1. The van der Waals surface area contributed by atoms with Crippen LogP contribution in [-0.2, 0) is 28.4 Å². The summed E-state index contributed by atoms with van der Waals surface area (Å²) in [7, 11) is 0. The van der Waals surface area contributed by atoms with Crippen LogP contribution in [-0.4, -0.2) is 75.2 Å². The summed E-state index contributed by atoms with van der Waals surface area (Å²) >= 11 is 0. The van der Waals surface area contributed by atoms with Crippen LogP contribution in [0.25, 0.3) is 10.9 Å². The maximum absolute atomic E-state index is 13.2. The Kier molecular flexibility index (Phi) is 6.92. The van der Waals surface area contributed by atoms with Crippen molar-refractivity contribution in [1.29, 1.82) is 0 Å². The summed E-state index contributed by atoms with van der Waals surface area (Å²) in [6.07, 6.45) is -7.85. The average molecular weight is 523 g/mol. The predicted octanol–water partition coefficient (Wildman–Crippen LogP) is 1.90. The number of amides is 1. The van der Waals surface area contributed by atoms with Gasteiger partial charge < -0.3 is 19.0 Å². The number of ether oxygens (including phenoxy) is 1. The lowest BCUT2D eigenvalue weighted by Gasteiger charge is -2.33. The molecule has 11 nitrogen and oxygen atoms in total. The minimum atomic E-state index is -4.83. The lowest BCUT2D eigenvalue weighted by molar-refractivity contribution is -0.141. The second kappa shape index (κ2) is 9.79. The second-order valence-corrected chi connectivity index (χ2v) is 7.77. The minimum Gasteiger partial charge on any atom is -0.431 e. The summed E-state index contributed by atoms with van der Waals surface area (Å²) in [4.78, 5) is 30.6. The predicted molar refractivity (Wildman–Crippen MR) is 109 cm³/mol. The van der Waals surface area contributed by atoms with E-state index in [1.165, 1.54) is 9.80 Å². The lowest BCUT2D eigenvalue weighted by atomic mass is 10.2. The molecule has 1 aliphatic heterocycles. The number of carbonyl (C=O) groups is 1. The van der Waals surface area contributed by atoms with Crippen LogP contribution < -0.4 is 10.5 Å². The number of halogens is 6. The van der Waals surface area contributed by atoms with E-state index in [9.17, 15) is 35.9 Å². The minimum absolute atomic E-state index is 0.00783. The molecule has 3 aromatic rings. The summed E-state index contributed by atoms with van der Waals surface area (Å²) in [5, 5.41) is 8.31. The molecular weight excluding hydrogens is 504 g/mol. The SMILES string of the molecule is O=C(CCOCCn1nc(C(F)(F)F)c2c(=O)[nH]ncc21)N1CCN(c2nc(C(F)(F)F)co2)CC1. The highest BCUT2D eigenvalue weighted by Crippen LogP contribution is 2.32. The smallest absolute Gasteiger partial charge is 0.431 e. The molecule has 0 radical (unpaired) electrons. The molecule has 1 aliphatic rings. The average Bonchev–Trinajstić information content (AvgIpc) is 3.45. The molecule has 0 aromatic carbocycles. The van der Waals surface area contributed by atoms with Crippen LogP contribution in [0.15, 0.2) is 21.7 Å². The zero-order valence-electron chi connectivity index (χ0n) is 18.4. The number of piperazine rings is 1. The van der Waals surface area contributed by atoms with Crippen LogP contribution in [0.5, 0.6) is 0 Å². The number of hydrogen-bond acceptors (Lipinski definition) is 8. The molecule has 0 unspecified atom stereocenters. The molecule has 0 saturated carbocycles. The molecule has 1 amide bonds. The van der Waals surface area contributed by atoms with Crippen molar-refractivity contribution in [1.82, 2.24) is 29.9 Å². The van der Waals surface area contributed by atoms with E-state index in [1.807, 2.05) is 5.10 Å². The van der Waals surface area contributed by atoms with Crippen LogP contribution in [0.4, 0.5) is 32.4 Å². The van der Waals surface area contributed by atoms with Gasteiger partial charge in [-0.1, -0.05) is 0 Å². The molecular formula is C19H19F6N7O4. The van der Waals surface area contributed by atoms with E-state index >= 15 is 0 Å². The molecule has 1 N–H and O–H groups in total. The molecule has 1 saturated heterocycles. The number of carbonyl (C=O) groups excluding carboxylic acids is 1. The Bertz CT molecular complexity index is 1270. The van der Waals surface area contributed by atoms with Crippen molar-refractivity contribution in [3.8, 4) is 0 Å². The van der Waals surface area contributed by atoms with Gasteiger partial charge in [0.25, 0.3) is 11.6 Å². The summed E-state index contributed by atoms with van der Waals surface area (Å²) in [6.45, 7) is 0.732. The molecule has 1 fully saturated rings. The molecule has 196 valence electrons. The van der Waals surface area contributed by atoms with Gasteiger partial charge in [0.2, 0.25) is 5.91 Å². The normalized spacial score (nSPS) is 15.2. The monoisotopic (exact) mass is 523 g/mol. The van der Waals surface area contributed by atoms with Crippen LogP contribution >= 0.6 is 0 Å². The molecule has 0 spiro atoms. The van der Waals surface area contributed by atoms with Gasteiger partial charge in [0.1, 0.15) is 11.6 Å². The number of anilines is 1. The number of aromatic amines is 1. The van der Waals surface area contributed by atoms with Crippen LogP contribution in [0.3, 0.4) is 0 Å². The maximum atomic E-state index is 13.2. The number of aromatic nitrogens is 5. The van der Waals surface area contributed by atoms with Crippen molar-refractivity contribution in [2.24, 2.45) is 0 Å². The Hall–Kier alpha value is -3.63. The van der Waals surface area contributed by atoms with Gasteiger partial charge in [-0.2, -0.15) is 41.5 Å². The molecule has 17 heteroatoms. The fraction of sp³-hybridized carbons (Fsp3) is 0.526. The van der Waals surface area contributed by atoms with Crippen LogP contribution in [0.1, 0.15) is 17.8 Å². The van der Waals surface area contributed by atoms with E-state index < -0.39 is 34.7 Å². The highest BCUT2D eigenvalue weighted by molar-refractivity contribution is 5.80. The van der Waals surface area contributed by atoms with Gasteiger partial charge in [-0.25, -0.2) is 5.10 Å². The third kappa shape index (κ3) is 5.44. The number of nitrogens with one attached hydrogen (secondary N) is 1. The number of rotatable bonds is 7. The number of hydrogen-bond donors (Lipinski definition) is 1. The van der Waals surface area contributed by atoms with Gasteiger partial charge in [-0.05, 0) is 0 Å². The molecule has 0 aliphatic carbocycles. The lowest BCUT2D eigenvalue weighted by Crippen LogP contribution is -2.49. The Morgan fingerprint density at radius 2 is 1.81 bits per heavy atom. The first-order chi connectivity index (χ1) is 16.9. The number of alkyl halides is 6. The Morgan fingerprint density at radius 1 is 1.08 bits per heavy atom. The van der Waals surface area contributed by atoms with Gasteiger partial charge in [0, 0.05) is 26.2 Å². The molecule has 3 aromatic heterocycles. The molecule has 4 rings (SSSR count). The fourth-order valence-electron chi connectivity index (χ4n) is 3.66. The third-order valence-corrected chi connectivity index (χ3v) is 5.43. The van der Waals surface area contributed by atoms with Crippen molar-refractivity contribution in [2.45, 2.75) is 25.3 Å². The van der Waals surface area contributed by atoms with E-state index in [1.54, 1.807) is 0 Å². The standard InChI is InChI=1S/C19H19F6N7O4/c20-18(21,22)12-10-36-17(27-12)31-4-2-30(3-5-31)13(33)1-7-35-8-6-32-11-9-26-28-16(34)14(11)15(29-32)19(23,24)25/h9-10H,1-8H2,(H,28,34). The number of nitrogens with zero attached hydrogens (tertiary/aromatic N) is 6. The van der Waals surface area contributed by atoms with E-state index in [0.29, 0.717) is 6.26 Å². The van der Waals surface area contributed by atoms with Gasteiger partial charge in [0.05, 0.1) is 37.9 Å². The number of oxazole rings is 1. The summed E-state index contributed by atoms with van der Waals surface area (Å²) < 4.78 is 88.8. The van der Waals surface area contributed by atoms with E-state index in [4.69, 9.17) is 9.15 Å². The summed E-state index contributed by atoms with van der Waals surface area (Å²) in [5.74, 6) is -0.252. The quantitative estimate of drug-likeness (QED) is 0.368. The van der Waals surface area contributed by atoms with E-state index in [0.717, 1.165) is 10.9 Å². The molecule has 36 heavy (non-hydrogen) atoms. The van der Waals surface area contributed by atoms with Crippen molar-refractivity contribution in [2.75, 3.05) is 44.3 Å². The first-order valence-electron chi connectivity index (χ1n) is 10.6. The van der Waals surface area contributed by atoms with Crippen molar-refractivity contribution in [3.63, 3.8) is 0 Å². The first-order valence-corrected chi connectivity index (χ1v) is 10.6. The second-order valence-electron chi connectivity index (χ2n) is 7.77. The van der Waals surface area contributed by atoms with Crippen LogP contribution in [0, 0.1) is 0 Å². The Labute approximate surface area is 197 Å². The zero-order valence-corrected chi connectivity index (χ0v) is 18.4. The van der Waals surface area contributed by atoms with E-state index in [-0.39, 0.29) is 69.8 Å². The zero-order chi connectivity index (χ0) is 26.1. The Balaban J connectivity index is 1.23. The molecule has 0 bridgehead atoms. The third-order valence-electron chi connectivity index (χ3n) is 5.43. The highest BCUT2D eigenvalue weighted by Gasteiger charge is 2.38. The largest absolute Gasteiger partial charge is 0.436 e. The fourth-order valence-corrected chi connectivity index (χ4v) is 3.66. The van der Waals surface area contributed by atoms with Gasteiger partial charge in [-0.15, -0.1) is 0 Å². The van der Waals surface area contributed by atoms with Crippen molar-refractivity contribution >= 4 is 22.8 Å². The molecule has 0 atom stereocenters. The first kappa shape index (κ1) is 25.5. The Morgan fingerprint density at radius 3 is 2.44 bits per heavy atom. The van der Waals surface area contributed by atoms with Crippen LogP contribution in [0.2, 0.25) is 0 Å². The number of fused-ring (bicyclic) bond motifs is 1. The van der Waals surface area contributed by atoms with Gasteiger partial charge in [0.15, 0.2) is 11.4 Å². The van der Waals surface area contributed by atoms with E-state index in [2.05, 4.69) is 15.2 Å². The maximum Gasteiger partial charge on any atom is 0.436 e. The van der Waals surface area contributed by atoms with Gasteiger partial charge in [-0.3, -0.25) is 14.3 Å². The summed E-state index contributed by atoms with van der Waals surface area (Å²) in [5.41, 5.74) is -3.57. The highest BCUT2D eigenvalue weighted by atomic mass is 19.4.